The lowest BCUT2D eigenvalue weighted by Crippen LogP contribution is -2.47. The molecule has 4 nitrogen and oxygen atoms in total. The van der Waals surface area contributed by atoms with Crippen molar-refractivity contribution < 1.29 is 5.11 Å². The Morgan fingerprint density at radius 2 is 2.33 bits per heavy atom. The Morgan fingerprint density at radius 3 is 2.80 bits per heavy atom. The predicted octanol–water partition coefficient (Wildman–Crippen LogP) is 1.19. The molecule has 0 bridgehead atoms. The van der Waals surface area contributed by atoms with E-state index in [1.807, 2.05) is 30.8 Å². The number of aliphatic hydroxyl groups is 1. The molecule has 0 radical (unpaired) electrons. The van der Waals surface area contributed by atoms with Crippen molar-refractivity contribution in [3.63, 3.8) is 0 Å². The van der Waals surface area contributed by atoms with Crippen LogP contribution in [0.5, 0.6) is 0 Å². The largest absolute Gasteiger partial charge is 0.394 e. The van der Waals surface area contributed by atoms with Crippen molar-refractivity contribution in [1.29, 1.82) is 0 Å². The minimum absolute atomic E-state index is 0.145. The molecular weight excluding hydrogens is 190 g/mol. The fourth-order valence-electron chi connectivity index (χ4n) is 1.91. The van der Waals surface area contributed by atoms with E-state index in [0.717, 1.165) is 13.0 Å². The Balaban J connectivity index is 2.59. The average Bonchev–Trinajstić information content (AvgIpc) is 2.71. The fourth-order valence-corrected chi connectivity index (χ4v) is 1.91. The summed E-state index contributed by atoms with van der Waals surface area (Å²) in [6, 6.07) is 2.20. The van der Waals surface area contributed by atoms with E-state index in [4.69, 9.17) is 0 Å². The molecule has 2 N–H and O–H groups in total. The molecule has 4 heteroatoms. The first kappa shape index (κ1) is 12.2. The van der Waals surface area contributed by atoms with Crippen LogP contribution in [0.3, 0.4) is 0 Å². The third kappa shape index (κ3) is 3.32. The summed E-state index contributed by atoms with van der Waals surface area (Å²) < 4.78 is 1.92. The van der Waals surface area contributed by atoms with Gasteiger partial charge < -0.3 is 10.4 Å². The van der Waals surface area contributed by atoms with E-state index < -0.39 is 0 Å². The molecule has 2 unspecified atom stereocenters. The first-order valence-corrected chi connectivity index (χ1v) is 5.46. The summed E-state index contributed by atoms with van der Waals surface area (Å²) >= 11 is 0. The van der Waals surface area contributed by atoms with Gasteiger partial charge in [-0.1, -0.05) is 6.92 Å². The quantitative estimate of drug-likeness (QED) is 0.743. The first-order valence-electron chi connectivity index (χ1n) is 5.46. The number of nitrogens with zero attached hydrogens (tertiary/aromatic N) is 2. The second kappa shape index (κ2) is 5.28. The minimum atomic E-state index is -0.222. The zero-order valence-corrected chi connectivity index (χ0v) is 9.77. The average molecular weight is 211 g/mol. The van der Waals surface area contributed by atoms with E-state index in [1.165, 1.54) is 0 Å². The zero-order chi connectivity index (χ0) is 11.3. The molecule has 2 atom stereocenters. The Kier molecular flexibility index (Phi) is 4.29. The SMILES string of the molecule is CCNC(C)(CO)CC(C)n1cccn1. The summed E-state index contributed by atoms with van der Waals surface area (Å²) in [4.78, 5) is 0. The van der Waals surface area contributed by atoms with Crippen LogP contribution in [0.15, 0.2) is 18.5 Å². The van der Waals surface area contributed by atoms with Crippen LogP contribution in [-0.2, 0) is 0 Å². The van der Waals surface area contributed by atoms with Crippen LogP contribution in [0.25, 0.3) is 0 Å². The minimum Gasteiger partial charge on any atom is -0.394 e. The van der Waals surface area contributed by atoms with Crippen LogP contribution in [-0.4, -0.2) is 33.6 Å². The van der Waals surface area contributed by atoms with Gasteiger partial charge >= 0.3 is 0 Å². The van der Waals surface area contributed by atoms with Crippen molar-refractivity contribution in [3.8, 4) is 0 Å². The molecular formula is C11H21N3O. The normalized spacial score (nSPS) is 17.3. The van der Waals surface area contributed by atoms with Gasteiger partial charge in [0.25, 0.3) is 0 Å². The summed E-state index contributed by atoms with van der Waals surface area (Å²) in [6.45, 7) is 7.20. The summed E-state index contributed by atoms with van der Waals surface area (Å²) in [5.41, 5.74) is -0.222. The van der Waals surface area contributed by atoms with Gasteiger partial charge in [0.1, 0.15) is 0 Å². The van der Waals surface area contributed by atoms with Crippen LogP contribution in [0.2, 0.25) is 0 Å². The maximum Gasteiger partial charge on any atom is 0.0611 e. The van der Waals surface area contributed by atoms with Crippen molar-refractivity contribution in [3.05, 3.63) is 18.5 Å². The van der Waals surface area contributed by atoms with Crippen molar-refractivity contribution >= 4 is 0 Å². The van der Waals surface area contributed by atoms with Gasteiger partial charge in [0, 0.05) is 17.9 Å². The maximum absolute atomic E-state index is 9.37. The Bertz CT molecular complexity index is 273. The van der Waals surface area contributed by atoms with Gasteiger partial charge in [-0.05, 0) is 32.9 Å². The third-order valence-electron chi connectivity index (χ3n) is 2.67. The predicted molar refractivity (Wildman–Crippen MR) is 60.7 cm³/mol. The highest BCUT2D eigenvalue weighted by molar-refractivity contribution is 4.87. The Labute approximate surface area is 91.3 Å². The number of aromatic nitrogens is 2. The van der Waals surface area contributed by atoms with Crippen molar-refractivity contribution in [2.24, 2.45) is 0 Å². The summed E-state index contributed by atoms with van der Waals surface area (Å²) in [5.74, 6) is 0. The van der Waals surface area contributed by atoms with E-state index in [0.29, 0.717) is 0 Å². The standard InChI is InChI=1S/C11H21N3O/c1-4-12-11(3,9-15)8-10(2)14-7-5-6-13-14/h5-7,10,12,15H,4,8-9H2,1-3H3. The van der Waals surface area contributed by atoms with E-state index in [-0.39, 0.29) is 18.2 Å². The van der Waals surface area contributed by atoms with Gasteiger partial charge in [0.2, 0.25) is 0 Å². The van der Waals surface area contributed by atoms with Crippen LogP contribution in [0.1, 0.15) is 33.2 Å². The lowest BCUT2D eigenvalue weighted by atomic mass is 9.94. The number of hydrogen-bond donors (Lipinski definition) is 2. The van der Waals surface area contributed by atoms with Crippen LogP contribution < -0.4 is 5.32 Å². The topological polar surface area (TPSA) is 50.1 Å². The van der Waals surface area contributed by atoms with Crippen molar-refractivity contribution in [2.45, 2.75) is 38.8 Å². The van der Waals surface area contributed by atoms with Crippen molar-refractivity contribution in [2.75, 3.05) is 13.2 Å². The second-order valence-electron chi connectivity index (χ2n) is 4.29. The highest BCUT2D eigenvalue weighted by Crippen LogP contribution is 2.19. The van der Waals surface area contributed by atoms with Crippen LogP contribution >= 0.6 is 0 Å². The van der Waals surface area contributed by atoms with Crippen LogP contribution in [0.4, 0.5) is 0 Å². The van der Waals surface area contributed by atoms with Gasteiger partial charge in [0.15, 0.2) is 0 Å². The van der Waals surface area contributed by atoms with E-state index in [2.05, 4.69) is 17.3 Å². The fraction of sp³-hybridized carbons (Fsp3) is 0.727. The molecule has 1 heterocycles. The van der Waals surface area contributed by atoms with Gasteiger partial charge in [-0.25, -0.2) is 0 Å². The Morgan fingerprint density at radius 1 is 1.60 bits per heavy atom. The van der Waals surface area contributed by atoms with Gasteiger partial charge in [-0.15, -0.1) is 0 Å². The molecule has 86 valence electrons. The molecule has 0 saturated carbocycles. The molecule has 0 fully saturated rings. The molecule has 0 spiro atoms. The number of rotatable bonds is 6. The van der Waals surface area contributed by atoms with Gasteiger partial charge in [-0.3, -0.25) is 4.68 Å². The summed E-state index contributed by atoms with van der Waals surface area (Å²) in [6.07, 6.45) is 4.59. The van der Waals surface area contributed by atoms with E-state index in [1.54, 1.807) is 6.20 Å². The van der Waals surface area contributed by atoms with Gasteiger partial charge in [0.05, 0.1) is 12.6 Å². The second-order valence-corrected chi connectivity index (χ2v) is 4.29. The Hall–Kier alpha value is -0.870. The molecule has 1 aromatic rings. The van der Waals surface area contributed by atoms with Crippen molar-refractivity contribution in [1.82, 2.24) is 15.1 Å². The highest BCUT2D eigenvalue weighted by atomic mass is 16.3. The molecule has 15 heavy (non-hydrogen) atoms. The molecule has 1 rings (SSSR count). The molecule has 0 aliphatic rings. The highest BCUT2D eigenvalue weighted by Gasteiger charge is 2.25. The van der Waals surface area contributed by atoms with Crippen LogP contribution in [0, 0.1) is 0 Å². The lowest BCUT2D eigenvalue weighted by molar-refractivity contribution is 0.150. The summed E-state index contributed by atoms with van der Waals surface area (Å²) in [7, 11) is 0. The molecule has 1 aromatic heterocycles. The number of nitrogens with one attached hydrogen (secondary N) is 1. The van der Waals surface area contributed by atoms with Gasteiger partial charge in [-0.2, -0.15) is 5.10 Å². The molecule has 0 saturated heterocycles. The third-order valence-corrected chi connectivity index (χ3v) is 2.67. The molecule has 0 aliphatic heterocycles. The molecule has 0 aromatic carbocycles. The molecule has 0 amide bonds. The zero-order valence-electron chi connectivity index (χ0n) is 9.77. The monoisotopic (exact) mass is 211 g/mol. The smallest absolute Gasteiger partial charge is 0.0611 e. The molecule has 0 aliphatic carbocycles. The van der Waals surface area contributed by atoms with E-state index >= 15 is 0 Å². The summed E-state index contributed by atoms with van der Waals surface area (Å²) in [5, 5.41) is 16.9. The number of likely N-dealkylation sites (N-methyl/N-ethyl adjacent to an activating group) is 1. The van der Waals surface area contributed by atoms with E-state index in [9.17, 15) is 5.11 Å². The maximum atomic E-state index is 9.37. The lowest BCUT2D eigenvalue weighted by Gasteiger charge is -2.31. The first-order chi connectivity index (χ1) is 7.11. The number of hydrogen-bond acceptors (Lipinski definition) is 3. The number of aliphatic hydroxyl groups excluding tert-OH is 1.